The molecule has 2 atom stereocenters. The summed E-state index contributed by atoms with van der Waals surface area (Å²) in [6, 6.07) is 0. The Kier molecular flexibility index (Phi) is 11.5. The number of rotatable bonds is 15. The lowest BCUT2D eigenvalue weighted by molar-refractivity contribution is -0.915. The van der Waals surface area contributed by atoms with Crippen LogP contribution in [-0.4, -0.2) is 54.6 Å². The van der Waals surface area contributed by atoms with Crippen LogP contribution >= 0.6 is 0 Å². The molecule has 1 aliphatic heterocycles. The van der Waals surface area contributed by atoms with Gasteiger partial charge in [-0.2, -0.15) is 0 Å². The van der Waals surface area contributed by atoms with Gasteiger partial charge in [0.25, 0.3) is 0 Å². The second-order valence-corrected chi connectivity index (χ2v) is 9.18. The number of hydrogen-bond acceptors (Lipinski definition) is 4. The fraction of sp³-hybridized carbons (Fsp3) is 0.955. The first-order chi connectivity index (χ1) is 12.8. The van der Waals surface area contributed by atoms with E-state index in [9.17, 15) is 15.0 Å². The Balaban J connectivity index is 2.11. The van der Waals surface area contributed by atoms with Crippen molar-refractivity contribution in [2.75, 3.05) is 27.2 Å². The number of morpholine rings is 1. The van der Waals surface area contributed by atoms with E-state index in [0.29, 0.717) is 24.0 Å². The summed E-state index contributed by atoms with van der Waals surface area (Å²) in [7, 11) is 4.02. The lowest BCUT2D eigenvalue weighted by Crippen LogP contribution is -2.63. The molecule has 0 saturated carbocycles. The summed E-state index contributed by atoms with van der Waals surface area (Å²) in [4.78, 5) is 10.9. The van der Waals surface area contributed by atoms with Crippen molar-refractivity contribution in [3.8, 4) is 0 Å². The first-order valence-corrected chi connectivity index (χ1v) is 11.2. The fourth-order valence-electron chi connectivity index (χ4n) is 4.34. The zero-order valence-electron chi connectivity index (χ0n) is 18.0. The van der Waals surface area contributed by atoms with E-state index in [1.165, 1.54) is 64.2 Å². The maximum Gasteiger partial charge on any atom is 0.216 e. The molecule has 1 heterocycles. The number of unbranched alkanes of at least 4 members (excludes halogenated alkanes) is 11. The van der Waals surface area contributed by atoms with Gasteiger partial charge in [-0.1, -0.05) is 77.6 Å². The minimum Gasteiger partial charge on any atom is -0.550 e. The number of aliphatic carboxylic acids is 1. The molecule has 0 radical (unpaired) electrons. The molecule has 0 unspecified atom stereocenters. The Morgan fingerprint density at radius 2 is 1.48 bits per heavy atom. The van der Waals surface area contributed by atoms with Crippen LogP contribution in [0.3, 0.4) is 0 Å². The first kappa shape index (κ1) is 24.4. The largest absolute Gasteiger partial charge is 0.550 e. The molecule has 1 N–H and O–H groups in total. The summed E-state index contributed by atoms with van der Waals surface area (Å²) < 4.78 is 6.32. The van der Waals surface area contributed by atoms with Crippen LogP contribution < -0.4 is 5.11 Å². The second-order valence-electron chi connectivity index (χ2n) is 9.18. The maximum absolute atomic E-state index is 10.9. The zero-order valence-corrected chi connectivity index (χ0v) is 18.0. The molecule has 5 nitrogen and oxygen atoms in total. The molecule has 0 aromatic carbocycles. The van der Waals surface area contributed by atoms with Gasteiger partial charge in [0.05, 0.1) is 14.1 Å². The number of aliphatic hydroxyl groups is 1. The van der Waals surface area contributed by atoms with Gasteiger partial charge in [0.15, 0.2) is 0 Å². The molecule has 1 saturated heterocycles. The number of carboxylic acids is 1. The summed E-state index contributed by atoms with van der Waals surface area (Å²) in [5.41, 5.74) is 0. The van der Waals surface area contributed by atoms with Crippen molar-refractivity contribution < 1.29 is 24.2 Å². The molecule has 0 aromatic heterocycles. The Hall–Kier alpha value is -0.650. The highest BCUT2D eigenvalue weighted by Gasteiger charge is 2.44. The lowest BCUT2D eigenvalue weighted by Gasteiger charge is -2.46. The molecular formula is C22H43NO4. The number of carboxylic acid groups (broad SMARTS) is 1. The minimum absolute atomic E-state index is 0.150. The van der Waals surface area contributed by atoms with Gasteiger partial charge < -0.3 is 24.2 Å². The van der Waals surface area contributed by atoms with E-state index < -0.39 is 17.9 Å². The molecule has 0 aliphatic carbocycles. The summed E-state index contributed by atoms with van der Waals surface area (Å²) >= 11 is 0. The van der Waals surface area contributed by atoms with Crippen molar-refractivity contribution in [1.82, 2.24) is 0 Å². The Morgan fingerprint density at radius 1 is 1.00 bits per heavy atom. The van der Waals surface area contributed by atoms with Crippen LogP contribution in [0.1, 0.15) is 96.8 Å². The highest BCUT2D eigenvalue weighted by molar-refractivity contribution is 5.64. The molecule has 160 valence electrons. The van der Waals surface area contributed by atoms with Gasteiger partial charge in [0.1, 0.15) is 19.2 Å². The summed E-state index contributed by atoms with van der Waals surface area (Å²) in [5.74, 6) is -2.32. The third kappa shape index (κ3) is 11.7. The predicted molar refractivity (Wildman–Crippen MR) is 107 cm³/mol. The Labute approximate surface area is 166 Å². The third-order valence-electron chi connectivity index (χ3n) is 5.57. The molecule has 0 aromatic rings. The van der Waals surface area contributed by atoms with Gasteiger partial charge in [0.2, 0.25) is 5.79 Å². The summed E-state index contributed by atoms with van der Waals surface area (Å²) in [5, 5.41) is 21.7. The van der Waals surface area contributed by atoms with Crippen LogP contribution in [0.5, 0.6) is 0 Å². The van der Waals surface area contributed by atoms with Gasteiger partial charge >= 0.3 is 0 Å². The van der Waals surface area contributed by atoms with Crippen molar-refractivity contribution in [2.24, 2.45) is 0 Å². The van der Waals surface area contributed by atoms with Crippen molar-refractivity contribution in [3.05, 3.63) is 0 Å². The van der Waals surface area contributed by atoms with Crippen molar-refractivity contribution in [1.29, 1.82) is 0 Å². The SMILES string of the molecule is CCCCCCCCCCCCCC[C@]1(O)C[N+](C)(C)C[C@@H](CC(=O)[O-])O1. The monoisotopic (exact) mass is 385 g/mol. The average Bonchev–Trinajstić information content (AvgIpc) is 2.53. The van der Waals surface area contributed by atoms with Gasteiger partial charge in [-0.25, -0.2) is 0 Å². The minimum atomic E-state index is -1.21. The van der Waals surface area contributed by atoms with Crippen molar-refractivity contribution in [3.63, 3.8) is 0 Å². The highest BCUT2D eigenvalue weighted by Crippen LogP contribution is 2.29. The van der Waals surface area contributed by atoms with Crippen LogP contribution in [0.2, 0.25) is 0 Å². The van der Waals surface area contributed by atoms with E-state index in [4.69, 9.17) is 4.74 Å². The number of carbonyl (C=O) groups excluding carboxylic acids is 1. The predicted octanol–water partition coefficient (Wildman–Crippen LogP) is 3.38. The smallest absolute Gasteiger partial charge is 0.216 e. The zero-order chi connectivity index (χ0) is 20.2. The van der Waals surface area contributed by atoms with E-state index in [1.54, 1.807) is 0 Å². The van der Waals surface area contributed by atoms with E-state index in [2.05, 4.69) is 6.92 Å². The molecule has 0 spiro atoms. The number of quaternary nitrogens is 1. The molecule has 1 aliphatic rings. The number of nitrogens with zero attached hydrogens (tertiary/aromatic N) is 1. The van der Waals surface area contributed by atoms with Gasteiger partial charge in [-0.15, -0.1) is 0 Å². The van der Waals surface area contributed by atoms with Crippen LogP contribution in [0.4, 0.5) is 0 Å². The highest BCUT2D eigenvalue weighted by atomic mass is 16.6. The van der Waals surface area contributed by atoms with E-state index in [-0.39, 0.29) is 6.42 Å². The van der Waals surface area contributed by atoms with E-state index in [0.717, 1.165) is 12.8 Å². The Morgan fingerprint density at radius 3 is 1.96 bits per heavy atom. The normalized spacial score (nSPS) is 24.8. The number of likely N-dealkylation sites (N-methyl/N-ethyl adjacent to an activating group) is 1. The molecule has 5 heteroatoms. The van der Waals surface area contributed by atoms with Crippen LogP contribution in [0, 0.1) is 0 Å². The van der Waals surface area contributed by atoms with Gasteiger partial charge in [-0.3, -0.25) is 0 Å². The number of carbonyl (C=O) groups is 1. The standard InChI is InChI=1S/C22H43NO4/c1-4-5-6-7-8-9-10-11-12-13-14-15-16-22(26)19-23(2,3)18-20(27-22)17-21(24)25/h20,26H,4-19H2,1-3H3/t20-,22-/m1/s1. The third-order valence-corrected chi connectivity index (χ3v) is 5.57. The molecule has 0 bridgehead atoms. The number of ether oxygens (including phenoxy) is 1. The van der Waals surface area contributed by atoms with E-state index >= 15 is 0 Å². The molecule has 0 amide bonds. The van der Waals surface area contributed by atoms with Crippen molar-refractivity contribution in [2.45, 2.75) is 109 Å². The average molecular weight is 386 g/mol. The van der Waals surface area contributed by atoms with Crippen LogP contribution in [0.15, 0.2) is 0 Å². The molecule has 27 heavy (non-hydrogen) atoms. The summed E-state index contributed by atoms with van der Waals surface area (Å²) in [6.07, 6.45) is 15.3. The quantitative estimate of drug-likeness (QED) is 0.346. The van der Waals surface area contributed by atoms with Crippen LogP contribution in [0.25, 0.3) is 0 Å². The van der Waals surface area contributed by atoms with Gasteiger partial charge in [-0.05, 0) is 6.42 Å². The lowest BCUT2D eigenvalue weighted by atomic mass is 10.0. The molecule has 1 rings (SSSR count). The molecule has 1 fully saturated rings. The van der Waals surface area contributed by atoms with E-state index in [1.807, 2.05) is 14.1 Å². The molecular weight excluding hydrogens is 342 g/mol. The number of hydrogen-bond donors (Lipinski definition) is 1. The first-order valence-electron chi connectivity index (χ1n) is 11.2. The van der Waals surface area contributed by atoms with Gasteiger partial charge in [0, 0.05) is 18.8 Å². The second kappa shape index (κ2) is 12.7. The Bertz CT molecular complexity index is 413. The van der Waals surface area contributed by atoms with Crippen molar-refractivity contribution >= 4 is 5.97 Å². The van der Waals surface area contributed by atoms with Crippen LogP contribution in [-0.2, 0) is 9.53 Å². The summed E-state index contributed by atoms with van der Waals surface area (Å²) in [6.45, 7) is 3.36. The fourth-order valence-corrected chi connectivity index (χ4v) is 4.34. The topological polar surface area (TPSA) is 69.6 Å². The maximum atomic E-state index is 10.9.